The minimum atomic E-state index is -0.442. The van der Waals surface area contributed by atoms with Gasteiger partial charge < -0.3 is 9.84 Å². The number of hydrogen-bond donors (Lipinski definition) is 1. The number of phenolic OH excluding ortho intramolecular Hbond substituents is 1. The van der Waals surface area contributed by atoms with Crippen LogP contribution in [0.15, 0.2) is 65.9 Å². The van der Waals surface area contributed by atoms with Crippen molar-refractivity contribution in [3.63, 3.8) is 0 Å². The third-order valence-electron chi connectivity index (χ3n) is 3.73. The fraction of sp³-hybridized carbons (Fsp3) is 0.111. The van der Waals surface area contributed by atoms with E-state index in [-0.39, 0.29) is 23.9 Å². The van der Waals surface area contributed by atoms with Gasteiger partial charge in [-0.3, -0.25) is 4.90 Å². The molecule has 128 valence electrons. The maximum Gasteiger partial charge on any atom is 0.350 e. The van der Waals surface area contributed by atoms with E-state index < -0.39 is 6.03 Å². The highest BCUT2D eigenvalue weighted by molar-refractivity contribution is 6.30. The summed E-state index contributed by atoms with van der Waals surface area (Å²) in [4.78, 5) is 14.3. The predicted molar refractivity (Wildman–Crippen MR) is 96.6 cm³/mol. The number of benzene rings is 2. The second-order valence-corrected chi connectivity index (χ2v) is 5.79. The molecule has 1 aliphatic heterocycles. The number of aromatic hydroxyl groups is 1. The van der Waals surface area contributed by atoms with Crippen molar-refractivity contribution in [2.24, 2.45) is 5.10 Å². The number of rotatable bonds is 3. The van der Waals surface area contributed by atoms with Crippen LogP contribution >= 0.6 is 11.6 Å². The van der Waals surface area contributed by atoms with E-state index in [1.54, 1.807) is 30.3 Å². The van der Waals surface area contributed by atoms with E-state index in [4.69, 9.17) is 16.3 Å². The van der Waals surface area contributed by atoms with Crippen LogP contribution in [0.3, 0.4) is 0 Å². The Morgan fingerprint density at radius 2 is 1.88 bits per heavy atom. The molecule has 2 aromatic rings. The zero-order chi connectivity index (χ0) is 18.0. The molecule has 0 unspecified atom stereocenters. The molecular weight excluding hydrogens is 342 g/mol. The summed E-state index contributed by atoms with van der Waals surface area (Å²) in [6.45, 7) is 4.16. The molecule has 3 rings (SSSR count). The lowest BCUT2D eigenvalue weighted by atomic mass is 10.2. The highest BCUT2D eigenvalue weighted by atomic mass is 35.5. The molecule has 0 saturated carbocycles. The van der Waals surface area contributed by atoms with Gasteiger partial charge >= 0.3 is 6.03 Å². The van der Waals surface area contributed by atoms with Gasteiger partial charge in [0, 0.05) is 5.02 Å². The molecule has 1 aliphatic rings. The summed E-state index contributed by atoms with van der Waals surface area (Å²) in [5.41, 5.74) is 1.47. The Hall–Kier alpha value is -2.99. The van der Waals surface area contributed by atoms with Crippen molar-refractivity contribution in [3.05, 3.63) is 71.4 Å². The van der Waals surface area contributed by atoms with Crippen molar-refractivity contribution in [1.29, 1.82) is 0 Å². The molecule has 0 radical (unpaired) electrons. The lowest BCUT2D eigenvalue weighted by molar-refractivity contribution is 0.212. The van der Waals surface area contributed by atoms with Crippen molar-refractivity contribution in [2.75, 3.05) is 12.1 Å². The van der Waals surface area contributed by atoms with Gasteiger partial charge in [-0.2, -0.15) is 5.01 Å². The fourth-order valence-electron chi connectivity index (χ4n) is 2.43. The van der Waals surface area contributed by atoms with Gasteiger partial charge in [-0.05, 0) is 29.8 Å². The van der Waals surface area contributed by atoms with E-state index >= 15 is 0 Å². The minimum Gasteiger partial charge on any atom is -0.506 e. The van der Waals surface area contributed by atoms with Gasteiger partial charge in [-0.1, -0.05) is 42.4 Å². The molecule has 1 heterocycles. The number of phenols is 1. The van der Waals surface area contributed by atoms with Gasteiger partial charge in [0.05, 0.1) is 13.7 Å². The number of halogens is 1. The smallest absolute Gasteiger partial charge is 0.350 e. The molecule has 0 saturated heterocycles. The lowest BCUT2D eigenvalue weighted by Crippen LogP contribution is -2.46. The van der Waals surface area contributed by atoms with Crippen LogP contribution in [-0.4, -0.2) is 29.0 Å². The Balaban J connectivity index is 1.97. The zero-order valence-corrected chi connectivity index (χ0v) is 14.3. The van der Waals surface area contributed by atoms with Crippen LogP contribution in [0.2, 0.25) is 5.02 Å². The molecule has 0 atom stereocenters. The van der Waals surface area contributed by atoms with Crippen molar-refractivity contribution in [2.45, 2.75) is 6.54 Å². The van der Waals surface area contributed by atoms with E-state index in [9.17, 15) is 9.90 Å². The Morgan fingerprint density at radius 1 is 1.20 bits per heavy atom. The second kappa shape index (κ2) is 6.86. The van der Waals surface area contributed by atoms with Gasteiger partial charge in [0.25, 0.3) is 5.90 Å². The summed E-state index contributed by atoms with van der Waals surface area (Å²) in [6.07, 6.45) is 0. The molecule has 0 spiro atoms. The number of anilines is 1. The summed E-state index contributed by atoms with van der Waals surface area (Å²) in [5, 5.41) is 15.9. The van der Waals surface area contributed by atoms with Gasteiger partial charge in [-0.15, -0.1) is 5.10 Å². The molecule has 0 aliphatic carbocycles. The van der Waals surface area contributed by atoms with E-state index in [1.807, 2.05) is 12.1 Å². The van der Waals surface area contributed by atoms with Gasteiger partial charge in [0.2, 0.25) is 0 Å². The number of hydrogen-bond acceptors (Lipinski definition) is 4. The average molecular weight is 358 g/mol. The van der Waals surface area contributed by atoms with Crippen LogP contribution in [0.25, 0.3) is 0 Å². The van der Waals surface area contributed by atoms with E-state index in [0.717, 1.165) is 10.6 Å². The number of carbonyl (C=O) groups excluding carboxylic acids is 1. The number of ether oxygens (including phenoxy) is 1. The van der Waals surface area contributed by atoms with Gasteiger partial charge in [0.15, 0.2) is 0 Å². The van der Waals surface area contributed by atoms with Gasteiger partial charge in [0.1, 0.15) is 17.1 Å². The largest absolute Gasteiger partial charge is 0.506 e. The Labute approximate surface area is 150 Å². The first kappa shape index (κ1) is 16.9. The standard InChI is InChI=1S/C18H16ClN3O3/c1-12-17(25-2)20-22(15-5-3-4-6-16(15)23)18(24)21(12)11-13-7-9-14(19)10-8-13/h3-10,23H,1,11H2,2H3. The summed E-state index contributed by atoms with van der Waals surface area (Å²) in [7, 11) is 1.45. The van der Waals surface area contributed by atoms with Crippen LogP contribution in [-0.2, 0) is 11.3 Å². The molecule has 2 amide bonds. The summed E-state index contributed by atoms with van der Waals surface area (Å²) in [6, 6.07) is 13.2. The summed E-state index contributed by atoms with van der Waals surface area (Å²) in [5.74, 6) is 0.130. The molecule has 7 heteroatoms. The van der Waals surface area contributed by atoms with Crippen LogP contribution in [0, 0.1) is 0 Å². The van der Waals surface area contributed by atoms with E-state index in [1.165, 1.54) is 18.1 Å². The maximum atomic E-state index is 12.9. The first-order valence-corrected chi connectivity index (χ1v) is 7.85. The van der Waals surface area contributed by atoms with Crippen LogP contribution in [0.1, 0.15) is 5.56 Å². The van der Waals surface area contributed by atoms with Crippen molar-refractivity contribution in [1.82, 2.24) is 4.90 Å². The first-order chi connectivity index (χ1) is 12.0. The van der Waals surface area contributed by atoms with E-state index in [2.05, 4.69) is 11.7 Å². The quantitative estimate of drug-likeness (QED) is 0.904. The molecule has 0 aromatic heterocycles. The number of urea groups is 1. The SMILES string of the molecule is C=C1C(OC)=NN(c2ccccc2O)C(=O)N1Cc1ccc(Cl)cc1. The molecule has 25 heavy (non-hydrogen) atoms. The fourth-order valence-corrected chi connectivity index (χ4v) is 2.56. The minimum absolute atomic E-state index is 0.0611. The number of amides is 2. The number of carbonyl (C=O) groups is 1. The highest BCUT2D eigenvalue weighted by Crippen LogP contribution is 2.31. The van der Waals surface area contributed by atoms with Crippen molar-refractivity contribution < 1.29 is 14.6 Å². The maximum absolute atomic E-state index is 12.9. The number of nitrogens with zero attached hydrogens (tertiary/aromatic N) is 3. The third kappa shape index (κ3) is 3.29. The topological polar surface area (TPSA) is 65.4 Å². The highest BCUT2D eigenvalue weighted by Gasteiger charge is 2.34. The Kier molecular flexibility index (Phi) is 4.63. The molecule has 0 bridgehead atoms. The van der Waals surface area contributed by atoms with Crippen LogP contribution < -0.4 is 5.01 Å². The summed E-state index contributed by atoms with van der Waals surface area (Å²) < 4.78 is 5.24. The normalized spacial score (nSPS) is 14.6. The van der Waals surface area contributed by atoms with E-state index in [0.29, 0.717) is 10.7 Å². The molecule has 6 nitrogen and oxygen atoms in total. The molecule has 0 fully saturated rings. The first-order valence-electron chi connectivity index (χ1n) is 7.47. The second-order valence-electron chi connectivity index (χ2n) is 5.35. The Bertz CT molecular complexity index is 849. The predicted octanol–water partition coefficient (Wildman–Crippen LogP) is 3.96. The summed E-state index contributed by atoms with van der Waals surface area (Å²) >= 11 is 5.90. The number of methoxy groups -OCH3 is 1. The van der Waals surface area contributed by atoms with Gasteiger partial charge in [-0.25, -0.2) is 4.79 Å². The van der Waals surface area contributed by atoms with Crippen LogP contribution in [0.4, 0.5) is 10.5 Å². The zero-order valence-electron chi connectivity index (χ0n) is 13.5. The number of hydrazone groups is 1. The van der Waals surface area contributed by atoms with Crippen molar-refractivity contribution in [3.8, 4) is 5.75 Å². The van der Waals surface area contributed by atoms with Crippen LogP contribution in [0.5, 0.6) is 5.75 Å². The molecular formula is C18H16ClN3O3. The van der Waals surface area contributed by atoms with Crippen molar-refractivity contribution >= 4 is 29.2 Å². The average Bonchev–Trinajstić information content (AvgIpc) is 2.61. The molecule has 1 N–H and O–H groups in total. The lowest BCUT2D eigenvalue weighted by Gasteiger charge is -2.33. The Morgan fingerprint density at radius 3 is 2.52 bits per heavy atom. The monoisotopic (exact) mass is 357 g/mol. The molecule has 2 aromatic carbocycles. The number of para-hydroxylation sites is 2. The third-order valence-corrected chi connectivity index (χ3v) is 3.98.